The van der Waals surface area contributed by atoms with Crippen LogP contribution in [0.3, 0.4) is 0 Å². The Balaban J connectivity index is 1.96. The lowest BCUT2D eigenvalue weighted by atomic mass is 10.0. The first-order chi connectivity index (χ1) is 8.61. The van der Waals surface area contributed by atoms with Crippen molar-refractivity contribution in [1.29, 1.82) is 0 Å². The maximum absolute atomic E-state index is 12.1. The van der Waals surface area contributed by atoms with Gasteiger partial charge in [0.15, 0.2) is 0 Å². The number of hydrogen-bond acceptors (Lipinski definition) is 4. The molecule has 7 nitrogen and oxygen atoms in total. The van der Waals surface area contributed by atoms with Crippen molar-refractivity contribution >= 4 is 11.8 Å². The van der Waals surface area contributed by atoms with Gasteiger partial charge in [0.25, 0.3) is 0 Å². The predicted molar refractivity (Wildman–Crippen MR) is 64.6 cm³/mol. The zero-order chi connectivity index (χ0) is 13.1. The van der Waals surface area contributed by atoms with Crippen molar-refractivity contribution in [2.45, 2.75) is 19.0 Å². The van der Waals surface area contributed by atoms with E-state index in [0.717, 1.165) is 11.4 Å². The van der Waals surface area contributed by atoms with Crippen molar-refractivity contribution in [1.82, 2.24) is 25.5 Å². The molecular weight excluding hydrogens is 234 g/mol. The highest BCUT2D eigenvalue weighted by molar-refractivity contribution is 5.87. The van der Waals surface area contributed by atoms with E-state index >= 15 is 0 Å². The monoisotopic (exact) mass is 251 g/mol. The zero-order valence-corrected chi connectivity index (χ0v) is 10.5. The van der Waals surface area contributed by atoms with Crippen LogP contribution in [0, 0.1) is 0 Å². The van der Waals surface area contributed by atoms with Gasteiger partial charge in [-0.05, 0) is 0 Å². The summed E-state index contributed by atoms with van der Waals surface area (Å²) in [7, 11) is 3.18. The lowest BCUT2D eigenvalue weighted by Gasteiger charge is -2.26. The third-order valence-electron chi connectivity index (χ3n) is 3.06. The van der Waals surface area contributed by atoms with Gasteiger partial charge in [0.1, 0.15) is 0 Å². The standard InChI is InChI=1S/C11H17N5O2/c1-12-10(17)5-16(2)11(18)8-3-7-9(4-13-8)15-6-14-7/h6,8,13H,3-5H2,1-2H3,(H,12,17)(H,14,15). The Labute approximate surface area is 105 Å². The number of aromatic amines is 1. The molecule has 0 spiro atoms. The van der Waals surface area contributed by atoms with Crippen molar-refractivity contribution in [2.75, 3.05) is 20.6 Å². The largest absolute Gasteiger partial charge is 0.358 e. The normalized spacial score (nSPS) is 18.0. The molecule has 1 unspecified atom stereocenters. The number of nitrogens with zero attached hydrogens (tertiary/aromatic N) is 2. The van der Waals surface area contributed by atoms with Crippen molar-refractivity contribution in [3.8, 4) is 0 Å². The van der Waals surface area contributed by atoms with Crippen LogP contribution in [-0.2, 0) is 22.6 Å². The summed E-state index contributed by atoms with van der Waals surface area (Å²) in [6.45, 7) is 0.667. The Hall–Kier alpha value is -1.89. The second-order valence-electron chi connectivity index (χ2n) is 4.33. The molecule has 2 heterocycles. The van der Waals surface area contributed by atoms with E-state index < -0.39 is 0 Å². The van der Waals surface area contributed by atoms with Crippen molar-refractivity contribution in [3.05, 3.63) is 17.7 Å². The summed E-state index contributed by atoms with van der Waals surface area (Å²) in [4.78, 5) is 32.0. The van der Waals surface area contributed by atoms with Crippen LogP contribution in [0.15, 0.2) is 6.33 Å². The summed E-state index contributed by atoms with van der Waals surface area (Å²) >= 11 is 0. The van der Waals surface area contributed by atoms with Crippen molar-refractivity contribution in [2.24, 2.45) is 0 Å². The maximum atomic E-state index is 12.1. The summed E-state index contributed by atoms with van der Waals surface area (Å²) in [5.41, 5.74) is 1.94. The van der Waals surface area contributed by atoms with Gasteiger partial charge in [0, 0.05) is 27.1 Å². The predicted octanol–water partition coefficient (Wildman–Crippen LogP) is -1.37. The minimum atomic E-state index is -0.310. The van der Waals surface area contributed by atoms with Crippen molar-refractivity contribution < 1.29 is 9.59 Å². The fourth-order valence-electron chi connectivity index (χ4n) is 1.98. The first-order valence-electron chi connectivity index (χ1n) is 5.82. The molecule has 0 saturated heterocycles. The Morgan fingerprint density at radius 2 is 2.39 bits per heavy atom. The van der Waals surface area contributed by atoms with Crippen LogP contribution < -0.4 is 10.6 Å². The minimum absolute atomic E-state index is 0.0704. The quantitative estimate of drug-likeness (QED) is 0.618. The van der Waals surface area contributed by atoms with Crippen LogP contribution in [0.5, 0.6) is 0 Å². The first-order valence-corrected chi connectivity index (χ1v) is 5.82. The molecule has 0 fully saturated rings. The minimum Gasteiger partial charge on any atom is -0.358 e. The number of aromatic nitrogens is 2. The van der Waals surface area contributed by atoms with E-state index in [-0.39, 0.29) is 24.4 Å². The van der Waals surface area contributed by atoms with Crippen LogP contribution >= 0.6 is 0 Å². The Morgan fingerprint density at radius 3 is 3.11 bits per heavy atom. The molecule has 3 N–H and O–H groups in total. The van der Waals surface area contributed by atoms with Crippen LogP contribution in [0.4, 0.5) is 0 Å². The van der Waals surface area contributed by atoms with E-state index in [1.807, 2.05) is 0 Å². The van der Waals surface area contributed by atoms with E-state index in [9.17, 15) is 9.59 Å². The fourth-order valence-corrected chi connectivity index (χ4v) is 1.98. The smallest absolute Gasteiger partial charge is 0.240 e. The summed E-state index contributed by atoms with van der Waals surface area (Å²) in [5, 5.41) is 5.63. The average molecular weight is 251 g/mol. The molecule has 1 atom stereocenters. The Morgan fingerprint density at radius 1 is 1.61 bits per heavy atom. The summed E-state index contributed by atoms with van der Waals surface area (Å²) in [5.74, 6) is -0.269. The van der Waals surface area contributed by atoms with E-state index in [2.05, 4.69) is 20.6 Å². The number of nitrogens with one attached hydrogen (secondary N) is 3. The van der Waals surface area contributed by atoms with Crippen molar-refractivity contribution in [3.63, 3.8) is 0 Å². The van der Waals surface area contributed by atoms with Crippen LogP contribution in [0.1, 0.15) is 11.4 Å². The highest BCUT2D eigenvalue weighted by Crippen LogP contribution is 2.13. The summed E-state index contributed by atoms with van der Waals surface area (Å²) in [6, 6.07) is -0.310. The van der Waals surface area contributed by atoms with Crippen LogP contribution in [0.2, 0.25) is 0 Å². The molecule has 2 amide bonds. The van der Waals surface area contributed by atoms with Gasteiger partial charge in [-0.1, -0.05) is 0 Å². The number of carbonyl (C=O) groups is 2. The zero-order valence-electron chi connectivity index (χ0n) is 10.5. The SMILES string of the molecule is CNC(=O)CN(C)C(=O)C1Cc2nc[nH]c2CN1. The van der Waals surface area contributed by atoms with Gasteiger partial charge in [-0.2, -0.15) is 0 Å². The molecule has 98 valence electrons. The molecule has 1 aliphatic heterocycles. The Bertz CT molecular complexity index is 456. The number of carbonyl (C=O) groups excluding carboxylic acids is 2. The average Bonchev–Trinajstić information content (AvgIpc) is 2.84. The lowest BCUT2D eigenvalue weighted by Crippen LogP contribution is -2.50. The molecule has 1 aliphatic rings. The molecule has 2 rings (SSSR count). The van der Waals surface area contributed by atoms with Gasteiger partial charge in [0.2, 0.25) is 11.8 Å². The topological polar surface area (TPSA) is 90.1 Å². The molecule has 7 heteroatoms. The summed E-state index contributed by atoms with van der Waals surface area (Å²) in [6.07, 6.45) is 2.18. The molecule has 0 radical (unpaired) electrons. The highest BCUT2D eigenvalue weighted by atomic mass is 16.2. The van der Waals surface area contributed by atoms with Gasteiger partial charge in [-0.25, -0.2) is 4.98 Å². The second-order valence-corrected chi connectivity index (χ2v) is 4.33. The van der Waals surface area contributed by atoms with Gasteiger partial charge in [0.05, 0.1) is 30.3 Å². The van der Waals surface area contributed by atoms with Gasteiger partial charge in [-0.15, -0.1) is 0 Å². The number of hydrogen-bond donors (Lipinski definition) is 3. The number of amides is 2. The summed E-state index contributed by atoms with van der Waals surface area (Å²) < 4.78 is 0. The van der Waals surface area contributed by atoms with E-state index in [0.29, 0.717) is 13.0 Å². The number of fused-ring (bicyclic) bond motifs is 1. The fraction of sp³-hybridized carbons (Fsp3) is 0.545. The number of H-pyrrole nitrogens is 1. The molecule has 0 saturated carbocycles. The van der Waals surface area contributed by atoms with Crippen LogP contribution in [-0.4, -0.2) is 53.4 Å². The molecule has 0 bridgehead atoms. The van der Waals surface area contributed by atoms with Crippen LogP contribution in [0.25, 0.3) is 0 Å². The first kappa shape index (κ1) is 12.6. The molecule has 0 aliphatic carbocycles. The van der Waals surface area contributed by atoms with Gasteiger partial charge in [-0.3, -0.25) is 14.9 Å². The molecule has 1 aromatic heterocycles. The molecule has 0 aromatic carbocycles. The Kier molecular flexibility index (Phi) is 3.61. The molecule has 18 heavy (non-hydrogen) atoms. The second kappa shape index (κ2) is 5.18. The molecular formula is C11H17N5O2. The highest BCUT2D eigenvalue weighted by Gasteiger charge is 2.28. The van der Waals surface area contributed by atoms with E-state index in [4.69, 9.17) is 0 Å². The maximum Gasteiger partial charge on any atom is 0.240 e. The van der Waals surface area contributed by atoms with E-state index in [1.54, 1.807) is 20.4 Å². The number of rotatable bonds is 3. The number of likely N-dealkylation sites (N-methyl/N-ethyl adjacent to an activating group) is 2. The van der Waals surface area contributed by atoms with E-state index in [1.165, 1.54) is 4.90 Å². The third-order valence-corrected chi connectivity index (χ3v) is 3.06. The lowest BCUT2D eigenvalue weighted by molar-refractivity contribution is -0.136. The van der Waals surface area contributed by atoms with Gasteiger partial charge >= 0.3 is 0 Å². The number of imidazole rings is 1. The third kappa shape index (κ3) is 2.51. The van der Waals surface area contributed by atoms with Gasteiger partial charge < -0.3 is 15.2 Å². The molecule has 1 aromatic rings.